The summed E-state index contributed by atoms with van der Waals surface area (Å²) >= 11 is 0. The fraction of sp³-hybridized carbons (Fsp3) is 0.326. The zero-order chi connectivity index (χ0) is 40.3. The first-order valence-corrected chi connectivity index (χ1v) is 19.2. The lowest BCUT2D eigenvalue weighted by atomic mass is 9.92. The molecular formula is C43H41F3N6O6. The molecule has 5 aromatic rings. The van der Waals surface area contributed by atoms with Crippen LogP contribution in [0.3, 0.4) is 0 Å². The number of carbonyl (C=O) groups excluding carboxylic acids is 2. The fourth-order valence-electron chi connectivity index (χ4n) is 8.56. The number of aromatic nitrogens is 2. The standard InChI is InChI=1S/C43H41F3N6O6/c1-48-12-11-27-18-30(22-47-40(27)48)52(29-7-9-32(53)10-8-29)42(55)35-19-36(49(2)39(35)43(44,45)46)33-20-37-38(58-25-57-37)21-34(33)41(54)51-23-28-6-4-3-5-26(28)17-31(51)24-50-13-15-56-16-14-50/h3-10,18-22,31,53H,11-17,23-25H2,1-2H3/t31-/m0/s1. The number of nitrogens with zero attached hydrogens (tertiary/aromatic N) is 6. The molecule has 4 aliphatic rings. The van der Waals surface area contributed by atoms with E-state index < -0.39 is 23.3 Å². The number of hydrogen-bond acceptors (Lipinski definition) is 9. The molecule has 0 saturated carbocycles. The van der Waals surface area contributed by atoms with Crippen molar-refractivity contribution in [3.8, 4) is 28.5 Å². The van der Waals surface area contributed by atoms with Crippen LogP contribution in [0.15, 0.2) is 79.0 Å². The molecule has 2 amide bonds. The molecule has 12 nitrogen and oxygen atoms in total. The predicted molar refractivity (Wildman–Crippen MR) is 209 cm³/mol. The second-order valence-electron chi connectivity index (χ2n) is 15.1. The maximum atomic E-state index is 15.4. The Hall–Kier alpha value is -6.06. The molecule has 0 aliphatic carbocycles. The Balaban J connectivity index is 1.17. The molecular weight excluding hydrogens is 754 g/mol. The van der Waals surface area contributed by atoms with Crippen molar-refractivity contribution in [2.75, 3.05) is 63.0 Å². The van der Waals surface area contributed by atoms with Gasteiger partial charge in [0.05, 0.1) is 36.2 Å². The average Bonchev–Trinajstić information content (AvgIpc) is 3.94. The molecule has 58 heavy (non-hydrogen) atoms. The summed E-state index contributed by atoms with van der Waals surface area (Å²) in [6.07, 6.45) is -2.29. The first kappa shape index (κ1) is 37.5. The Morgan fingerprint density at radius 3 is 2.34 bits per heavy atom. The van der Waals surface area contributed by atoms with Crippen molar-refractivity contribution in [1.29, 1.82) is 0 Å². The van der Waals surface area contributed by atoms with Gasteiger partial charge in [-0.05, 0) is 78.1 Å². The molecule has 1 fully saturated rings. The Morgan fingerprint density at radius 1 is 0.879 bits per heavy atom. The van der Waals surface area contributed by atoms with Gasteiger partial charge in [-0.15, -0.1) is 0 Å². The minimum Gasteiger partial charge on any atom is -0.508 e. The summed E-state index contributed by atoms with van der Waals surface area (Å²) < 4.78 is 64.0. The van der Waals surface area contributed by atoms with Crippen LogP contribution in [-0.2, 0) is 37.3 Å². The number of alkyl halides is 3. The van der Waals surface area contributed by atoms with Crippen LogP contribution < -0.4 is 19.3 Å². The summed E-state index contributed by atoms with van der Waals surface area (Å²) in [7, 11) is 3.13. The molecule has 0 spiro atoms. The number of hydrogen-bond donors (Lipinski definition) is 1. The van der Waals surface area contributed by atoms with E-state index in [1.54, 1.807) is 11.0 Å². The maximum absolute atomic E-state index is 15.4. The molecule has 1 atom stereocenters. The Morgan fingerprint density at radius 2 is 1.60 bits per heavy atom. The highest BCUT2D eigenvalue weighted by molar-refractivity contribution is 6.13. The van der Waals surface area contributed by atoms with Gasteiger partial charge in [0.1, 0.15) is 17.3 Å². The van der Waals surface area contributed by atoms with Gasteiger partial charge >= 0.3 is 6.18 Å². The smallest absolute Gasteiger partial charge is 0.432 e. The zero-order valence-corrected chi connectivity index (χ0v) is 32.0. The normalized spacial score (nSPS) is 17.6. The van der Waals surface area contributed by atoms with Crippen molar-refractivity contribution in [2.45, 2.75) is 31.6 Å². The Bertz CT molecular complexity index is 2410. The summed E-state index contributed by atoms with van der Waals surface area (Å²) in [4.78, 5) is 41.7. The molecule has 6 heterocycles. The molecule has 300 valence electrons. The summed E-state index contributed by atoms with van der Waals surface area (Å²) in [5.41, 5.74) is 1.89. The van der Waals surface area contributed by atoms with Crippen molar-refractivity contribution < 1.29 is 42.1 Å². The number of morpholine rings is 1. The second kappa shape index (κ2) is 14.7. The third kappa shape index (κ3) is 6.77. The van der Waals surface area contributed by atoms with Gasteiger partial charge in [0.2, 0.25) is 6.79 Å². The highest BCUT2D eigenvalue weighted by Gasteiger charge is 2.43. The SMILES string of the molecule is CN1CCc2cc(N(C(=O)c3cc(-c4cc5c(cc4C(=O)N4Cc6ccccc6C[C@H]4CN4CCOCC4)OCO5)n(C)c3C(F)(F)F)c3ccc(O)cc3)cnc21. The van der Waals surface area contributed by atoms with Crippen LogP contribution in [0.4, 0.5) is 30.4 Å². The van der Waals surface area contributed by atoms with E-state index in [9.17, 15) is 9.90 Å². The zero-order valence-electron chi connectivity index (χ0n) is 32.0. The molecule has 3 aromatic carbocycles. The molecule has 4 aliphatic heterocycles. The number of ether oxygens (including phenoxy) is 3. The van der Waals surface area contributed by atoms with Crippen molar-refractivity contribution in [2.24, 2.45) is 7.05 Å². The number of halogens is 3. The van der Waals surface area contributed by atoms with Crippen molar-refractivity contribution in [1.82, 2.24) is 19.4 Å². The van der Waals surface area contributed by atoms with Gasteiger partial charge in [-0.1, -0.05) is 24.3 Å². The number of fused-ring (bicyclic) bond motifs is 3. The highest BCUT2D eigenvalue weighted by Crippen LogP contribution is 2.44. The topological polar surface area (TPSA) is 113 Å². The summed E-state index contributed by atoms with van der Waals surface area (Å²) in [5.74, 6) is -0.146. The number of benzene rings is 3. The fourth-order valence-corrected chi connectivity index (χ4v) is 8.56. The lowest BCUT2D eigenvalue weighted by Gasteiger charge is -2.40. The summed E-state index contributed by atoms with van der Waals surface area (Å²) in [6, 6.07) is 19.4. The van der Waals surface area contributed by atoms with E-state index >= 15 is 18.0 Å². The van der Waals surface area contributed by atoms with Gasteiger partial charge in [0, 0.05) is 69.8 Å². The van der Waals surface area contributed by atoms with Crippen LogP contribution in [0.5, 0.6) is 17.2 Å². The molecule has 0 bridgehead atoms. The predicted octanol–water partition coefficient (Wildman–Crippen LogP) is 6.41. The molecule has 0 radical (unpaired) electrons. The summed E-state index contributed by atoms with van der Waals surface area (Å²) in [6.45, 7) is 4.08. The van der Waals surface area contributed by atoms with Crippen LogP contribution in [0.2, 0.25) is 0 Å². The number of pyridine rings is 1. The van der Waals surface area contributed by atoms with E-state index in [4.69, 9.17) is 14.2 Å². The van der Waals surface area contributed by atoms with E-state index in [1.165, 1.54) is 60.6 Å². The van der Waals surface area contributed by atoms with Crippen LogP contribution in [0.25, 0.3) is 11.3 Å². The van der Waals surface area contributed by atoms with Gasteiger partial charge in [0.25, 0.3) is 11.8 Å². The number of anilines is 3. The first-order chi connectivity index (χ1) is 27.9. The number of phenolic OH excluding ortho intramolecular Hbond substituents is 1. The number of aromatic hydroxyl groups is 1. The van der Waals surface area contributed by atoms with Crippen molar-refractivity contribution in [3.05, 3.63) is 113 Å². The minimum atomic E-state index is -4.99. The first-order valence-electron chi connectivity index (χ1n) is 19.2. The molecule has 1 N–H and O–H groups in total. The monoisotopic (exact) mass is 794 g/mol. The van der Waals surface area contributed by atoms with E-state index in [2.05, 4.69) is 16.0 Å². The third-order valence-electron chi connectivity index (χ3n) is 11.5. The third-order valence-corrected chi connectivity index (χ3v) is 11.5. The molecule has 1 saturated heterocycles. The van der Waals surface area contributed by atoms with E-state index in [-0.39, 0.29) is 58.4 Å². The van der Waals surface area contributed by atoms with Gasteiger partial charge in [-0.2, -0.15) is 13.2 Å². The lowest BCUT2D eigenvalue weighted by molar-refractivity contribution is -0.143. The van der Waals surface area contributed by atoms with Crippen LogP contribution in [-0.4, -0.2) is 95.5 Å². The molecule has 9 rings (SSSR count). The largest absolute Gasteiger partial charge is 0.508 e. The molecule has 2 aromatic heterocycles. The number of likely N-dealkylation sites (N-methyl/N-ethyl adjacent to an activating group) is 1. The van der Waals surface area contributed by atoms with Gasteiger partial charge in [0.15, 0.2) is 11.5 Å². The van der Waals surface area contributed by atoms with E-state index in [0.29, 0.717) is 51.4 Å². The van der Waals surface area contributed by atoms with Gasteiger partial charge in [-0.25, -0.2) is 4.98 Å². The van der Waals surface area contributed by atoms with Crippen molar-refractivity contribution >= 4 is 29.0 Å². The van der Waals surface area contributed by atoms with Crippen LogP contribution in [0, 0.1) is 0 Å². The minimum absolute atomic E-state index is 0.0150. The summed E-state index contributed by atoms with van der Waals surface area (Å²) in [5, 5.41) is 10.1. The second-order valence-corrected chi connectivity index (χ2v) is 15.1. The Labute approximate surface area is 332 Å². The van der Waals surface area contributed by atoms with E-state index in [1.807, 2.05) is 30.1 Å². The number of amides is 2. The number of phenols is 1. The van der Waals surface area contributed by atoms with Crippen molar-refractivity contribution in [3.63, 3.8) is 0 Å². The lowest BCUT2D eigenvalue weighted by Crippen LogP contribution is -2.52. The highest BCUT2D eigenvalue weighted by atomic mass is 19.4. The maximum Gasteiger partial charge on any atom is 0.432 e. The number of rotatable bonds is 7. The van der Waals surface area contributed by atoms with Crippen LogP contribution in [0.1, 0.15) is 43.1 Å². The van der Waals surface area contributed by atoms with Crippen LogP contribution >= 0.6 is 0 Å². The van der Waals surface area contributed by atoms with E-state index in [0.717, 1.165) is 40.2 Å². The van der Waals surface area contributed by atoms with Gasteiger partial charge < -0.3 is 33.7 Å². The van der Waals surface area contributed by atoms with Gasteiger partial charge in [-0.3, -0.25) is 19.4 Å². The quantitative estimate of drug-likeness (QED) is 0.200. The molecule has 15 heteroatoms. The number of carbonyl (C=O) groups is 2. The Kier molecular flexibility index (Phi) is 9.51. The molecule has 0 unspecified atom stereocenters. The average molecular weight is 795 g/mol.